The Balaban J connectivity index is 3.21. The van der Waals surface area contributed by atoms with Gasteiger partial charge in [0.15, 0.2) is 10.9 Å². The van der Waals surface area contributed by atoms with Gasteiger partial charge in [-0.1, -0.05) is 23.2 Å². The second kappa shape index (κ2) is 3.78. The molecule has 1 aromatic rings. The average Bonchev–Trinajstić information content (AvgIpc) is 1.97. The molecule has 0 saturated carbocycles. The normalized spacial score (nSPS) is 9.82. The molecule has 0 fully saturated rings. The molecule has 0 radical (unpaired) electrons. The van der Waals surface area contributed by atoms with Gasteiger partial charge in [0.1, 0.15) is 3.70 Å². The fourth-order valence-electron chi connectivity index (χ4n) is 0.572. The Hall–Kier alpha value is 0.260. The van der Waals surface area contributed by atoms with Crippen LogP contribution < -0.4 is 4.74 Å². The monoisotopic (exact) mass is 303 g/mol. The lowest BCUT2D eigenvalue weighted by molar-refractivity contribution is 0.413. The molecule has 2 nitrogen and oxygen atoms in total. The van der Waals surface area contributed by atoms with Crippen molar-refractivity contribution in [3.63, 3.8) is 0 Å². The number of halogens is 3. The zero-order chi connectivity index (χ0) is 8.43. The molecule has 0 spiro atoms. The van der Waals surface area contributed by atoms with E-state index in [9.17, 15) is 0 Å². The molecule has 0 atom stereocenters. The number of hydrogen-bond acceptors (Lipinski definition) is 2. The molecule has 0 aliphatic carbocycles. The maximum absolute atomic E-state index is 5.76. The van der Waals surface area contributed by atoms with Crippen LogP contribution in [0.15, 0.2) is 6.07 Å². The molecule has 0 aromatic carbocycles. The van der Waals surface area contributed by atoms with E-state index in [1.165, 1.54) is 7.11 Å². The van der Waals surface area contributed by atoms with E-state index in [-0.39, 0.29) is 0 Å². The summed E-state index contributed by atoms with van der Waals surface area (Å²) in [7, 11) is 1.52. The molecule has 0 aliphatic rings. The van der Waals surface area contributed by atoms with Gasteiger partial charge in [-0.3, -0.25) is 0 Å². The van der Waals surface area contributed by atoms with Crippen molar-refractivity contribution in [2.24, 2.45) is 0 Å². The zero-order valence-electron chi connectivity index (χ0n) is 5.57. The Kier molecular flexibility index (Phi) is 3.21. The van der Waals surface area contributed by atoms with Crippen molar-refractivity contribution in [2.45, 2.75) is 0 Å². The van der Waals surface area contributed by atoms with E-state index < -0.39 is 0 Å². The van der Waals surface area contributed by atoms with Gasteiger partial charge in [-0.05, 0) is 22.6 Å². The molecular weight excluding hydrogens is 300 g/mol. The molecule has 60 valence electrons. The van der Waals surface area contributed by atoms with Gasteiger partial charge in [-0.25, -0.2) is 4.98 Å². The maximum atomic E-state index is 5.76. The molecule has 0 saturated heterocycles. The van der Waals surface area contributed by atoms with E-state index >= 15 is 0 Å². The van der Waals surface area contributed by atoms with Gasteiger partial charge in [-0.2, -0.15) is 0 Å². The van der Waals surface area contributed by atoms with Crippen molar-refractivity contribution >= 4 is 45.8 Å². The fourth-order valence-corrected chi connectivity index (χ4v) is 1.47. The molecule has 0 aliphatic heterocycles. The molecule has 5 heteroatoms. The van der Waals surface area contributed by atoms with E-state index in [1.807, 2.05) is 22.6 Å². The lowest BCUT2D eigenvalue weighted by Crippen LogP contribution is -1.89. The van der Waals surface area contributed by atoms with Gasteiger partial charge >= 0.3 is 0 Å². The van der Waals surface area contributed by atoms with Gasteiger partial charge < -0.3 is 4.74 Å². The first-order chi connectivity index (χ1) is 5.15. The van der Waals surface area contributed by atoms with E-state index in [4.69, 9.17) is 27.9 Å². The van der Waals surface area contributed by atoms with Crippen LogP contribution in [0.1, 0.15) is 0 Å². The summed E-state index contributed by atoms with van der Waals surface area (Å²) in [6, 6.07) is 1.64. The molecule has 1 rings (SSSR count). The molecular formula is C6H4Cl2INO. The average molecular weight is 304 g/mol. The Labute approximate surface area is 88.0 Å². The van der Waals surface area contributed by atoms with Crippen LogP contribution in [0.5, 0.6) is 5.75 Å². The number of nitrogens with zero attached hydrogens (tertiary/aromatic N) is 1. The lowest BCUT2D eigenvalue weighted by atomic mass is 10.5. The predicted octanol–water partition coefficient (Wildman–Crippen LogP) is 3.00. The van der Waals surface area contributed by atoms with Crippen LogP contribution in [0.25, 0.3) is 0 Å². The minimum absolute atomic E-state index is 0.335. The predicted molar refractivity (Wildman–Crippen MR) is 53.5 cm³/mol. The van der Waals surface area contributed by atoms with Crippen LogP contribution in [-0.4, -0.2) is 12.1 Å². The first-order valence-electron chi connectivity index (χ1n) is 2.70. The summed E-state index contributed by atoms with van der Waals surface area (Å²) < 4.78 is 5.57. The van der Waals surface area contributed by atoms with E-state index in [1.54, 1.807) is 6.07 Å². The molecule has 11 heavy (non-hydrogen) atoms. The van der Waals surface area contributed by atoms with E-state index in [0.29, 0.717) is 19.6 Å². The number of pyridine rings is 1. The topological polar surface area (TPSA) is 22.1 Å². The highest BCUT2D eigenvalue weighted by atomic mass is 127. The summed E-state index contributed by atoms with van der Waals surface area (Å²) in [5.74, 6) is 0.497. The third kappa shape index (κ3) is 2.10. The molecule has 0 N–H and O–H groups in total. The van der Waals surface area contributed by atoms with Crippen LogP contribution >= 0.6 is 45.8 Å². The SMILES string of the molecule is COc1cc(Cl)c(I)nc1Cl. The first kappa shape index (κ1) is 9.35. The standard InChI is InChI=1S/C6H4Cl2INO/c1-11-4-2-3(7)6(9)10-5(4)8/h2H,1H3. The number of rotatable bonds is 1. The summed E-state index contributed by atoms with van der Waals surface area (Å²) in [5, 5.41) is 0.883. The van der Waals surface area contributed by atoms with Crippen LogP contribution in [0, 0.1) is 3.70 Å². The fraction of sp³-hybridized carbons (Fsp3) is 0.167. The number of aromatic nitrogens is 1. The van der Waals surface area contributed by atoms with Crippen LogP contribution in [-0.2, 0) is 0 Å². The molecule has 0 amide bonds. The summed E-state index contributed by atoms with van der Waals surface area (Å²) in [6.07, 6.45) is 0. The van der Waals surface area contributed by atoms with E-state index in [2.05, 4.69) is 4.98 Å². The summed E-state index contributed by atoms with van der Waals surface area (Å²) in [4.78, 5) is 3.94. The lowest BCUT2D eigenvalue weighted by Gasteiger charge is -2.02. The smallest absolute Gasteiger partial charge is 0.172 e. The summed E-state index contributed by atoms with van der Waals surface area (Å²) in [5.41, 5.74) is 0. The van der Waals surface area contributed by atoms with Gasteiger partial charge in [-0.15, -0.1) is 0 Å². The molecule has 1 aromatic heterocycles. The first-order valence-corrected chi connectivity index (χ1v) is 4.54. The Morgan fingerprint density at radius 3 is 2.73 bits per heavy atom. The van der Waals surface area contributed by atoms with E-state index in [0.717, 1.165) is 0 Å². The Bertz CT molecular complexity index is 280. The second-order valence-electron chi connectivity index (χ2n) is 1.75. The molecule has 1 heterocycles. The molecule has 0 unspecified atom stereocenters. The maximum Gasteiger partial charge on any atom is 0.172 e. The van der Waals surface area contributed by atoms with Crippen molar-refractivity contribution in [3.05, 3.63) is 19.9 Å². The van der Waals surface area contributed by atoms with Crippen molar-refractivity contribution < 1.29 is 4.74 Å². The van der Waals surface area contributed by atoms with Gasteiger partial charge in [0.25, 0.3) is 0 Å². The Morgan fingerprint density at radius 1 is 1.55 bits per heavy atom. The van der Waals surface area contributed by atoms with Gasteiger partial charge in [0.2, 0.25) is 0 Å². The highest BCUT2D eigenvalue weighted by molar-refractivity contribution is 14.1. The number of methoxy groups -OCH3 is 1. The summed E-state index contributed by atoms with van der Waals surface area (Å²) >= 11 is 13.5. The Morgan fingerprint density at radius 2 is 2.18 bits per heavy atom. The van der Waals surface area contributed by atoms with Crippen LogP contribution in [0.4, 0.5) is 0 Å². The van der Waals surface area contributed by atoms with Crippen molar-refractivity contribution in [1.29, 1.82) is 0 Å². The minimum Gasteiger partial charge on any atom is -0.493 e. The number of ether oxygens (including phenoxy) is 1. The van der Waals surface area contributed by atoms with Gasteiger partial charge in [0.05, 0.1) is 12.1 Å². The highest BCUT2D eigenvalue weighted by Gasteiger charge is 2.06. The van der Waals surface area contributed by atoms with Crippen molar-refractivity contribution in [1.82, 2.24) is 4.98 Å². The third-order valence-corrected chi connectivity index (χ3v) is 2.77. The minimum atomic E-state index is 0.335. The zero-order valence-corrected chi connectivity index (χ0v) is 9.24. The van der Waals surface area contributed by atoms with Crippen molar-refractivity contribution in [3.8, 4) is 5.75 Å². The number of hydrogen-bond donors (Lipinski definition) is 0. The largest absolute Gasteiger partial charge is 0.493 e. The third-order valence-electron chi connectivity index (χ3n) is 1.07. The van der Waals surface area contributed by atoms with Crippen molar-refractivity contribution in [2.75, 3.05) is 7.11 Å². The quantitative estimate of drug-likeness (QED) is 0.588. The second-order valence-corrected chi connectivity index (χ2v) is 3.54. The molecule has 0 bridgehead atoms. The summed E-state index contributed by atoms with van der Waals surface area (Å²) in [6.45, 7) is 0. The highest BCUT2D eigenvalue weighted by Crippen LogP contribution is 2.28. The van der Waals surface area contributed by atoms with Gasteiger partial charge in [0, 0.05) is 6.07 Å². The van der Waals surface area contributed by atoms with Crippen LogP contribution in [0.3, 0.4) is 0 Å². The van der Waals surface area contributed by atoms with Crippen LogP contribution in [0.2, 0.25) is 10.2 Å².